The zero-order valence-electron chi connectivity index (χ0n) is 17.9. The number of aromatic nitrogens is 1. The van der Waals surface area contributed by atoms with Gasteiger partial charge in [0.05, 0.1) is 31.0 Å². The van der Waals surface area contributed by atoms with E-state index in [2.05, 4.69) is 4.98 Å². The predicted molar refractivity (Wildman–Crippen MR) is 107 cm³/mol. The fourth-order valence-electron chi connectivity index (χ4n) is 3.58. The molecule has 1 aliphatic carbocycles. The van der Waals surface area contributed by atoms with Gasteiger partial charge in [-0.25, -0.2) is 9.78 Å². The van der Waals surface area contributed by atoms with Crippen LogP contribution in [0.4, 0.5) is 13.2 Å². The number of rotatable bonds is 9. The minimum Gasteiger partial charge on any atom is -0.479 e. The van der Waals surface area contributed by atoms with Crippen molar-refractivity contribution < 1.29 is 41.7 Å². The van der Waals surface area contributed by atoms with Crippen molar-refractivity contribution in [3.8, 4) is 11.5 Å². The largest absolute Gasteiger partial charge is 0.479 e. The Morgan fingerprint density at radius 1 is 1.28 bits per heavy atom. The Morgan fingerprint density at radius 2 is 2.00 bits per heavy atom. The lowest BCUT2D eigenvalue weighted by Crippen LogP contribution is -2.34. The average Bonchev–Trinajstić information content (AvgIpc) is 3.13. The van der Waals surface area contributed by atoms with Crippen molar-refractivity contribution in [1.82, 2.24) is 4.98 Å². The molecule has 2 aromatic rings. The topological polar surface area (TPSA) is 91.0 Å². The molecule has 0 saturated heterocycles. The highest BCUT2D eigenvalue weighted by atomic mass is 19.4. The maximum atomic E-state index is 13.0. The Balaban J connectivity index is 1.57. The highest BCUT2D eigenvalue weighted by molar-refractivity contribution is 5.72. The van der Waals surface area contributed by atoms with E-state index >= 15 is 0 Å². The third-order valence-electron chi connectivity index (χ3n) is 5.41. The number of hydrogen-bond donors (Lipinski definition) is 1. The van der Waals surface area contributed by atoms with Crippen LogP contribution in [0.25, 0.3) is 11.5 Å². The molecule has 176 valence electrons. The SMILES string of the molecule is COC(COC1CCCC(OCc2nc(-c3cccc(C(F)(F)F)c3)oc2C)C1)C(=O)O. The van der Waals surface area contributed by atoms with Gasteiger partial charge in [0.15, 0.2) is 6.10 Å². The van der Waals surface area contributed by atoms with Crippen LogP contribution in [-0.4, -0.2) is 48.1 Å². The van der Waals surface area contributed by atoms with Crippen LogP contribution in [0, 0.1) is 6.92 Å². The van der Waals surface area contributed by atoms with Crippen LogP contribution in [0.15, 0.2) is 28.7 Å². The predicted octanol–water partition coefficient (Wildman–Crippen LogP) is 4.61. The monoisotopic (exact) mass is 457 g/mol. The first-order valence-corrected chi connectivity index (χ1v) is 10.3. The summed E-state index contributed by atoms with van der Waals surface area (Å²) in [5, 5.41) is 9.03. The number of aryl methyl sites for hydroxylation is 1. The Bertz CT molecular complexity index is 913. The summed E-state index contributed by atoms with van der Waals surface area (Å²) in [5.41, 5.74) is -0.00674. The third kappa shape index (κ3) is 6.30. The van der Waals surface area contributed by atoms with Gasteiger partial charge >= 0.3 is 12.1 Å². The van der Waals surface area contributed by atoms with Crippen LogP contribution < -0.4 is 0 Å². The smallest absolute Gasteiger partial charge is 0.416 e. The van der Waals surface area contributed by atoms with Gasteiger partial charge in [0.2, 0.25) is 5.89 Å². The number of carboxylic acid groups (broad SMARTS) is 1. The highest BCUT2D eigenvalue weighted by Gasteiger charge is 2.31. The van der Waals surface area contributed by atoms with Gasteiger partial charge in [0, 0.05) is 12.7 Å². The van der Waals surface area contributed by atoms with E-state index < -0.39 is 23.8 Å². The van der Waals surface area contributed by atoms with Crippen LogP contribution in [0.2, 0.25) is 0 Å². The van der Waals surface area contributed by atoms with Gasteiger partial charge in [-0.05, 0) is 50.8 Å². The summed E-state index contributed by atoms with van der Waals surface area (Å²) in [7, 11) is 1.32. The van der Waals surface area contributed by atoms with Crippen LogP contribution in [0.3, 0.4) is 0 Å². The molecule has 0 aliphatic heterocycles. The number of halogens is 3. The molecule has 0 amide bonds. The third-order valence-corrected chi connectivity index (χ3v) is 5.41. The van der Waals surface area contributed by atoms with E-state index in [0.29, 0.717) is 17.9 Å². The van der Waals surface area contributed by atoms with Gasteiger partial charge in [-0.15, -0.1) is 0 Å². The number of hydrogen-bond acceptors (Lipinski definition) is 6. The van der Waals surface area contributed by atoms with Crippen LogP contribution >= 0.6 is 0 Å². The molecular formula is C22H26F3NO6. The summed E-state index contributed by atoms with van der Waals surface area (Å²) in [5.74, 6) is -0.490. The molecule has 0 radical (unpaired) electrons. The zero-order chi connectivity index (χ0) is 23.3. The summed E-state index contributed by atoms with van der Waals surface area (Å²) in [4.78, 5) is 15.4. The fraction of sp³-hybridized carbons (Fsp3) is 0.545. The van der Waals surface area contributed by atoms with Crippen molar-refractivity contribution in [2.24, 2.45) is 0 Å². The van der Waals surface area contributed by atoms with Gasteiger partial charge in [-0.1, -0.05) is 6.07 Å². The van der Waals surface area contributed by atoms with Crippen LogP contribution in [0.1, 0.15) is 42.7 Å². The molecule has 3 unspecified atom stereocenters. The standard InChI is InChI=1S/C22H26F3NO6/c1-13-18(26-20(32-13)14-5-3-6-15(9-14)22(23,24)25)11-30-16-7-4-8-17(10-16)31-12-19(29-2)21(27)28/h3,5-6,9,16-17,19H,4,7-8,10-12H2,1-2H3,(H,27,28). The first-order valence-electron chi connectivity index (χ1n) is 10.3. The molecule has 1 aliphatic rings. The van der Waals surface area contributed by atoms with E-state index in [9.17, 15) is 18.0 Å². The lowest BCUT2D eigenvalue weighted by Gasteiger charge is -2.29. The Hall–Kier alpha value is -2.43. The molecule has 1 aromatic heterocycles. The van der Waals surface area contributed by atoms with Crippen molar-refractivity contribution in [3.05, 3.63) is 41.3 Å². The highest BCUT2D eigenvalue weighted by Crippen LogP contribution is 2.32. The Morgan fingerprint density at radius 3 is 2.66 bits per heavy atom. The molecule has 3 atom stereocenters. The average molecular weight is 457 g/mol. The molecule has 1 saturated carbocycles. The minimum absolute atomic E-state index is 0.0358. The number of benzene rings is 1. The molecule has 32 heavy (non-hydrogen) atoms. The molecule has 7 nitrogen and oxygen atoms in total. The summed E-state index contributed by atoms with van der Waals surface area (Å²) in [6.07, 6.45) is -2.60. The summed E-state index contributed by atoms with van der Waals surface area (Å²) in [6, 6.07) is 4.83. The quantitative estimate of drug-likeness (QED) is 0.588. The van der Waals surface area contributed by atoms with E-state index in [-0.39, 0.29) is 36.9 Å². The van der Waals surface area contributed by atoms with Crippen molar-refractivity contribution in [2.45, 2.75) is 63.7 Å². The minimum atomic E-state index is -4.45. The van der Waals surface area contributed by atoms with E-state index in [4.69, 9.17) is 23.7 Å². The summed E-state index contributed by atoms with van der Waals surface area (Å²) < 4.78 is 61.0. The van der Waals surface area contributed by atoms with Gasteiger partial charge in [-0.2, -0.15) is 13.2 Å². The number of ether oxygens (including phenoxy) is 3. The molecule has 1 N–H and O–H groups in total. The second-order valence-corrected chi connectivity index (χ2v) is 7.72. The molecule has 10 heteroatoms. The van der Waals surface area contributed by atoms with Crippen molar-refractivity contribution in [3.63, 3.8) is 0 Å². The number of carboxylic acids is 1. The van der Waals surface area contributed by atoms with E-state index in [1.165, 1.54) is 19.2 Å². The van der Waals surface area contributed by atoms with Crippen LogP contribution in [-0.2, 0) is 31.8 Å². The number of alkyl halides is 3. The summed E-state index contributed by atoms with van der Waals surface area (Å²) >= 11 is 0. The van der Waals surface area contributed by atoms with Gasteiger partial charge in [-0.3, -0.25) is 0 Å². The molecule has 0 bridgehead atoms. The summed E-state index contributed by atoms with van der Waals surface area (Å²) in [6.45, 7) is 1.81. The second-order valence-electron chi connectivity index (χ2n) is 7.72. The molecular weight excluding hydrogens is 431 g/mol. The van der Waals surface area contributed by atoms with Gasteiger partial charge < -0.3 is 23.7 Å². The van der Waals surface area contributed by atoms with Gasteiger partial charge in [0.25, 0.3) is 0 Å². The molecule has 1 heterocycles. The molecule has 1 fully saturated rings. The number of methoxy groups -OCH3 is 1. The first kappa shape index (κ1) is 24.2. The number of nitrogens with zero attached hydrogens (tertiary/aromatic N) is 1. The van der Waals surface area contributed by atoms with Crippen LogP contribution in [0.5, 0.6) is 0 Å². The molecule has 1 aromatic carbocycles. The lowest BCUT2D eigenvalue weighted by molar-refractivity contribution is -0.155. The van der Waals surface area contributed by atoms with E-state index in [1.807, 2.05) is 0 Å². The maximum absolute atomic E-state index is 13.0. The molecule has 0 spiro atoms. The first-order chi connectivity index (χ1) is 15.2. The Kier molecular flexibility index (Phi) is 7.91. The zero-order valence-corrected chi connectivity index (χ0v) is 17.9. The van der Waals surface area contributed by atoms with Crippen molar-refractivity contribution in [2.75, 3.05) is 13.7 Å². The maximum Gasteiger partial charge on any atom is 0.416 e. The number of oxazole rings is 1. The van der Waals surface area contributed by atoms with Crippen molar-refractivity contribution >= 4 is 5.97 Å². The number of aliphatic carboxylic acids is 1. The second kappa shape index (κ2) is 10.5. The van der Waals surface area contributed by atoms with Crippen molar-refractivity contribution in [1.29, 1.82) is 0 Å². The Labute approximate surface area is 183 Å². The van der Waals surface area contributed by atoms with E-state index in [1.54, 1.807) is 6.92 Å². The lowest BCUT2D eigenvalue weighted by atomic mass is 9.95. The fourth-order valence-corrected chi connectivity index (χ4v) is 3.58. The molecule has 3 rings (SSSR count). The normalized spacial score (nSPS) is 20.3. The van der Waals surface area contributed by atoms with Gasteiger partial charge in [0.1, 0.15) is 11.5 Å². The number of carbonyl (C=O) groups is 1. The van der Waals surface area contributed by atoms with E-state index in [0.717, 1.165) is 31.4 Å².